The molecule has 1 aromatic rings. The highest BCUT2D eigenvalue weighted by atomic mass is 16.5. The number of rotatable bonds is 6. The quantitative estimate of drug-likeness (QED) is 0.836. The molecule has 110 valence electrons. The summed E-state index contributed by atoms with van der Waals surface area (Å²) >= 11 is 0. The van der Waals surface area contributed by atoms with Crippen molar-refractivity contribution in [1.29, 1.82) is 0 Å². The van der Waals surface area contributed by atoms with Gasteiger partial charge in [0.05, 0.1) is 12.0 Å². The molecule has 2 N–H and O–H groups in total. The van der Waals surface area contributed by atoms with Gasteiger partial charge in [-0.05, 0) is 44.0 Å². The molecule has 2 rings (SSSR count). The second-order valence-electron chi connectivity index (χ2n) is 5.67. The van der Waals surface area contributed by atoms with Crippen LogP contribution < -0.4 is 15.4 Å². The number of carbonyl (C=O) groups excluding carboxylic acids is 1. The van der Waals surface area contributed by atoms with Gasteiger partial charge < -0.3 is 15.4 Å². The van der Waals surface area contributed by atoms with Crippen molar-refractivity contribution in [2.75, 3.05) is 19.7 Å². The van der Waals surface area contributed by atoms with Crippen LogP contribution in [0.4, 0.5) is 0 Å². The van der Waals surface area contributed by atoms with Crippen molar-refractivity contribution >= 4 is 5.91 Å². The van der Waals surface area contributed by atoms with Gasteiger partial charge in [-0.3, -0.25) is 4.79 Å². The highest BCUT2D eigenvalue weighted by Crippen LogP contribution is 2.24. The number of hydrogen-bond donors (Lipinski definition) is 2. The lowest BCUT2D eigenvalue weighted by molar-refractivity contribution is -0.129. The molecular formula is C16H24N2O2. The minimum Gasteiger partial charge on any atom is -0.494 e. The van der Waals surface area contributed by atoms with Gasteiger partial charge >= 0.3 is 0 Å². The lowest BCUT2D eigenvalue weighted by Gasteiger charge is -2.21. The molecule has 0 aromatic heterocycles. The van der Waals surface area contributed by atoms with E-state index >= 15 is 0 Å². The SMILES string of the molecule is CCCOc1cccc(CNC(=O)C2(C)CCNC2)c1. The maximum atomic E-state index is 12.2. The number of carbonyl (C=O) groups is 1. The van der Waals surface area contributed by atoms with Crippen molar-refractivity contribution in [3.8, 4) is 5.75 Å². The lowest BCUT2D eigenvalue weighted by atomic mass is 9.89. The van der Waals surface area contributed by atoms with Crippen molar-refractivity contribution in [1.82, 2.24) is 10.6 Å². The maximum absolute atomic E-state index is 12.2. The Hall–Kier alpha value is -1.55. The van der Waals surface area contributed by atoms with Gasteiger partial charge in [-0.1, -0.05) is 19.1 Å². The summed E-state index contributed by atoms with van der Waals surface area (Å²) in [7, 11) is 0. The summed E-state index contributed by atoms with van der Waals surface area (Å²) < 4.78 is 5.60. The molecule has 1 amide bonds. The Kier molecular flexibility index (Phi) is 5.01. The van der Waals surface area contributed by atoms with E-state index in [4.69, 9.17) is 4.74 Å². The van der Waals surface area contributed by atoms with E-state index in [2.05, 4.69) is 17.6 Å². The van der Waals surface area contributed by atoms with Crippen molar-refractivity contribution in [2.45, 2.75) is 33.2 Å². The Morgan fingerprint density at radius 1 is 1.50 bits per heavy atom. The summed E-state index contributed by atoms with van der Waals surface area (Å²) in [6.45, 7) is 7.06. The first-order valence-corrected chi connectivity index (χ1v) is 7.35. The molecule has 1 aliphatic heterocycles. The van der Waals surface area contributed by atoms with Crippen LogP contribution in [-0.4, -0.2) is 25.6 Å². The molecule has 1 aliphatic rings. The first kappa shape index (κ1) is 14.9. The lowest BCUT2D eigenvalue weighted by Crippen LogP contribution is -2.40. The Balaban J connectivity index is 1.88. The normalized spacial score (nSPS) is 21.7. The fraction of sp³-hybridized carbons (Fsp3) is 0.562. The Labute approximate surface area is 120 Å². The van der Waals surface area contributed by atoms with E-state index in [-0.39, 0.29) is 11.3 Å². The number of benzene rings is 1. The molecule has 0 radical (unpaired) electrons. The first-order chi connectivity index (χ1) is 9.64. The first-order valence-electron chi connectivity index (χ1n) is 7.35. The van der Waals surface area contributed by atoms with Crippen LogP contribution in [-0.2, 0) is 11.3 Å². The molecule has 1 aromatic carbocycles. The van der Waals surface area contributed by atoms with Crippen molar-refractivity contribution in [3.63, 3.8) is 0 Å². The second-order valence-corrected chi connectivity index (χ2v) is 5.67. The Morgan fingerprint density at radius 3 is 3.05 bits per heavy atom. The molecular weight excluding hydrogens is 252 g/mol. The van der Waals surface area contributed by atoms with Crippen LogP contribution >= 0.6 is 0 Å². The van der Waals surface area contributed by atoms with Crippen molar-refractivity contribution in [3.05, 3.63) is 29.8 Å². The Bertz CT molecular complexity index is 454. The molecule has 1 fully saturated rings. The standard InChI is InChI=1S/C16H24N2O2/c1-3-9-20-14-6-4-5-13(10-14)11-18-15(19)16(2)7-8-17-12-16/h4-6,10,17H,3,7-9,11-12H2,1-2H3,(H,18,19). The molecule has 4 nitrogen and oxygen atoms in total. The smallest absolute Gasteiger partial charge is 0.227 e. The van der Waals surface area contributed by atoms with Crippen LogP contribution in [0.25, 0.3) is 0 Å². The van der Waals surface area contributed by atoms with Crippen LogP contribution in [0.2, 0.25) is 0 Å². The molecule has 1 heterocycles. The zero-order chi connectivity index (χ0) is 14.4. The van der Waals surface area contributed by atoms with E-state index in [9.17, 15) is 4.79 Å². The zero-order valence-electron chi connectivity index (χ0n) is 12.4. The Morgan fingerprint density at radius 2 is 2.35 bits per heavy atom. The van der Waals surface area contributed by atoms with Gasteiger partial charge in [-0.15, -0.1) is 0 Å². The van der Waals surface area contributed by atoms with E-state index in [1.807, 2.05) is 31.2 Å². The van der Waals surface area contributed by atoms with Crippen LogP contribution in [0.15, 0.2) is 24.3 Å². The second kappa shape index (κ2) is 6.75. The molecule has 0 bridgehead atoms. The van der Waals surface area contributed by atoms with E-state index in [0.717, 1.165) is 43.9 Å². The zero-order valence-corrected chi connectivity index (χ0v) is 12.4. The third-order valence-corrected chi connectivity index (χ3v) is 3.74. The van der Waals surface area contributed by atoms with Gasteiger partial charge in [0, 0.05) is 13.1 Å². The minimum atomic E-state index is -0.268. The van der Waals surface area contributed by atoms with Crippen LogP contribution in [0.5, 0.6) is 5.75 Å². The topological polar surface area (TPSA) is 50.4 Å². The monoisotopic (exact) mass is 276 g/mol. The average Bonchev–Trinajstić information content (AvgIpc) is 2.91. The predicted octanol–water partition coefficient (Wildman–Crippen LogP) is 2.09. The highest BCUT2D eigenvalue weighted by molar-refractivity contribution is 5.82. The summed E-state index contributed by atoms with van der Waals surface area (Å²) in [5, 5.41) is 6.27. The number of hydrogen-bond acceptors (Lipinski definition) is 3. The van der Waals surface area contributed by atoms with Gasteiger partial charge in [0.15, 0.2) is 0 Å². The molecule has 4 heteroatoms. The number of amides is 1. The third kappa shape index (κ3) is 3.73. The van der Waals surface area contributed by atoms with Gasteiger partial charge in [0.2, 0.25) is 5.91 Å². The fourth-order valence-corrected chi connectivity index (χ4v) is 2.37. The number of ether oxygens (including phenoxy) is 1. The van der Waals surface area contributed by atoms with E-state index in [1.54, 1.807) is 0 Å². The van der Waals surface area contributed by atoms with Crippen molar-refractivity contribution < 1.29 is 9.53 Å². The van der Waals surface area contributed by atoms with Crippen LogP contribution in [0.3, 0.4) is 0 Å². The summed E-state index contributed by atoms with van der Waals surface area (Å²) in [6, 6.07) is 7.91. The molecule has 1 saturated heterocycles. The largest absolute Gasteiger partial charge is 0.494 e. The summed E-state index contributed by atoms with van der Waals surface area (Å²) in [4.78, 5) is 12.2. The molecule has 1 unspecified atom stereocenters. The predicted molar refractivity (Wildman–Crippen MR) is 79.7 cm³/mol. The molecule has 1 atom stereocenters. The van der Waals surface area contributed by atoms with Gasteiger partial charge in [-0.2, -0.15) is 0 Å². The van der Waals surface area contributed by atoms with E-state index < -0.39 is 0 Å². The van der Waals surface area contributed by atoms with Gasteiger partial charge in [0.25, 0.3) is 0 Å². The van der Waals surface area contributed by atoms with Gasteiger partial charge in [0.1, 0.15) is 5.75 Å². The fourth-order valence-electron chi connectivity index (χ4n) is 2.37. The number of nitrogens with one attached hydrogen (secondary N) is 2. The highest BCUT2D eigenvalue weighted by Gasteiger charge is 2.35. The molecule has 0 aliphatic carbocycles. The van der Waals surface area contributed by atoms with Crippen molar-refractivity contribution in [2.24, 2.45) is 5.41 Å². The van der Waals surface area contributed by atoms with E-state index in [1.165, 1.54) is 0 Å². The average molecular weight is 276 g/mol. The van der Waals surface area contributed by atoms with E-state index in [0.29, 0.717) is 6.54 Å². The maximum Gasteiger partial charge on any atom is 0.227 e. The molecule has 0 saturated carbocycles. The molecule has 20 heavy (non-hydrogen) atoms. The third-order valence-electron chi connectivity index (χ3n) is 3.74. The minimum absolute atomic E-state index is 0.127. The summed E-state index contributed by atoms with van der Waals surface area (Å²) in [6.07, 6.45) is 1.89. The summed E-state index contributed by atoms with van der Waals surface area (Å²) in [5.41, 5.74) is 0.803. The van der Waals surface area contributed by atoms with Crippen LogP contribution in [0.1, 0.15) is 32.3 Å². The summed E-state index contributed by atoms with van der Waals surface area (Å²) in [5.74, 6) is 0.995. The molecule has 0 spiro atoms. The van der Waals surface area contributed by atoms with Crippen LogP contribution in [0, 0.1) is 5.41 Å². The van der Waals surface area contributed by atoms with Gasteiger partial charge in [-0.25, -0.2) is 0 Å².